The molecule has 1 saturated heterocycles. The maximum atomic E-state index is 5.36. The summed E-state index contributed by atoms with van der Waals surface area (Å²) in [5, 5.41) is 3.42. The molecule has 1 aliphatic rings. The van der Waals surface area contributed by atoms with Gasteiger partial charge < -0.3 is 10.1 Å². The average molecular weight is 143 g/mol. The lowest BCUT2D eigenvalue weighted by atomic mass is 9.97. The summed E-state index contributed by atoms with van der Waals surface area (Å²) >= 11 is 0. The normalized spacial score (nSPS) is 27.3. The first-order chi connectivity index (χ1) is 4.67. The van der Waals surface area contributed by atoms with Crippen LogP contribution in [0.5, 0.6) is 0 Å². The van der Waals surface area contributed by atoms with Crippen LogP contribution < -0.4 is 5.32 Å². The second kappa shape index (κ2) is 2.89. The van der Waals surface area contributed by atoms with Gasteiger partial charge in [0.2, 0.25) is 0 Å². The van der Waals surface area contributed by atoms with E-state index in [1.165, 1.54) is 12.8 Å². The van der Waals surface area contributed by atoms with E-state index in [9.17, 15) is 0 Å². The zero-order chi connectivity index (χ0) is 7.61. The van der Waals surface area contributed by atoms with E-state index < -0.39 is 0 Å². The Morgan fingerprint density at radius 1 is 1.50 bits per heavy atom. The molecule has 60 valence electrons. The van der Waals surface area contributed by atoms with Gasteiger partial charge in [-0.25, -0.2) is 0 Å². The van der Waals surface area contributed by atoms with Crippen molar-refractivity contribution in [2.75, 3.05) is 13.7 Å². The number of ether oxygens (including phenoxy) is 1. The molecule has 1 rings (SSSR count). The van der Waals surface area contributed by atoms with Crippen LogP contribution in [0.1, 0.15) is 26.7 Å². The number of nitrogens with one attached hydrogen (secondary N) is 1. The van der Waals surface area contributed by atoms with Crippen LogP contribution in [0.15, 0.2) is 0 Å². The van der Waals surface area contributed by atoms with E-state index in [0.717, 1.165) is 6.54 Å². The molecule has 0 amide bonds. The van der Waals surface area contributed by atoms with Crippen LogP contribution in [0.2, 0.25) is 0 Å². The van der Waals surface area contributed by atoms with Crippen LogP contribution in [0.25, 0.3) is 0 Å². The zero-order valence-electron chi connectivity index (χ0n) is 7.11. The molecule has 0 saturated carbocycles. The molecule has 2 nitrogen and oxygen atoms in total. The molecular weight excluding hydrogens is 126 g/mol. The highest BCUT2D eigenvalue weighted by atomic mass is 16.5. The quantitative estimate of drug-likeness (QED) is 0.626. The maximum absolute atomic E-state index is 5.36. The van der Waals surface area contributed by atoms with Gasteiger partial charge in [0.25, 0.3) is 0 Å². The van der Waals surface area contributed by atoms with E-state index in [-0.39, 0.29) is 5.60 Å². The molecule has 0 spiro atoms. The molecule has 0 aromatic carbocycles. The Balaban J connectivity index is 2.45. The highest BCUT2D eigenvalue weighted by Crippen LogP contribution is 2.20. The number of rotatable bonds is 2. The van der Waals surface area contributed by atoms with Gasteiger partial charge in [-0.05, 0) is 33.2 Å². The molecule has 0 aromatic heterocycles. The summed E-state index contributed by atoms with van der Waals surface area (Å²) < 4.78 is 5.36. The predicted molar refractivity (Wildman–Crippen MR) is 42.1 cm³/mol. The molecule has 0 aromatic rings. The number of methoxy groups -OCH3 is 1. The Labute approximate surface area is 63.0 Å². The van der Waals surface area contributed by atoms with Crippen molar-refractivity contribution < 1.29 is 4.74 Å². The lowest BCUT2D eigenvalue weighted by Crippen LogP contribution is -2.44. The zero-order valence-corrected chi connectivity index (χ0v) is 7.11. The maximum Gasteiger partial charge on any atom is 0.0775 e. The number of hydrogen-bond acceptors (Lipinski definition) is 2. The Kier molecular flexibility index (Phi) is 2.32. The van der Waals surface area contributed by atoms with Crippen molar-refractivity contribution in [3.63, 3.8) is 0 Å². The van der Waals surface area contributed by atoms with E-state index in [1.807, 2.05) is 0 Å². The van der Waals surface area contributed by atoms with Crippen molar-refractivity contribution in [2.45, 2.75) is 38.3 Å². The van der Waals surface area contributed by atoms with Crippen molar-refractivity contribution in [1.29, 1.82) is 0 Å². The first kappa shape index (κ1) is 8.02. The highest BCUT2D eigenvalue weighted by Gasteiger charge is 2.30. The van der Waals surface area contributed by atoms with Gasteiger partial charge in [0.05, 0.1) is 5.60 Å². The van der Waals surface area contributed by atoms with Gasteiger partial charge in [0.1, 0.15) is 0 Å². The van der Waals surface area contributed by atoms with E-state index in [0.29, 0.717) is 6.04 Å². The molecule has 1 N–H and O–H groups in total. The summed E-state index contributed by atoms with van der Waals surface area (Å²) in [5.74, 6) is 0. The topological polar surface area (TPSA) is 21.3 Å². The summed E-state index contributed by atoms with van der Waals surface area (Å²) in [6.07, 6.45) is 2.54. The molecule has 0 unspecified atom stereocenters. The van der Waals surface area contributed by atoms with E-state index in [2.05, 4.69) is 19.2 Å². The molecule has 2 heteroatoms. The van der Waals surface area contributed by atoms with Crippen molar-refractivity contribution in [3.8, 4) is 0 Å². The van der Waals surface area contributed by atoms with E-state index in [4.69, 9.17) is 4.74 Å². The fourth-order valence-electron chi connectivity index (χ4n) is 1.42. The van der Waals surface area contributed by atoms with Gasteiger partial charge >= 0.3 is 0 Å². The summed E-state index contributed by atoms with van der Waals surface area (Å²) in [7, 11) is 1.78. The summed E-state index contributed by atoms with van der Waals surface area (Å²) in [6.45, 7) is 5.42. The SMILES string of the molecule is COC(C)(C)[C@@H]1CCCN1. The summed E-state index contributed by atoms with van der Waals surface area (Å²) in [6, 6.07) is 0.553. The van der Waals surface area contributed by atoms with Crippen LogP contribution in [-0.4, -0.2) is 25.3 Å². The van der Waals surface area contributed by atoms with Crippen LogP contribution in [-0.2, 0) is 4.74 Å². The van der Waals surface area contributed by atoms with Gasteiger partial charge in [-0.3, -0.25) is 0 Å². The Morgan fingerprint density at radius 3 is 2.60 bits per heavy atom. The van der Waals surface area contributed by atoms with Gasteiger partial charge in [0, 0.05) is 13.2 Å². The molecular formula is C8H17NO. The lowest BCUT2D eigenvalue weighted by Gasteiger charge is -2.29. The first-order valence-corrected chi connectivity index (χ1v) is 3.95. The first-order valence-electron chi connectivity index (χ1n) is 3.95. The second-order valence-corrected chi connectivity index (χ2v) is 3.46. The van der Waals surface area contributed by atoms with Crippen molar-refractivity contribution in [1.82, 2.24) is 5.32 Å². The van der Waals surface area contributed by atoms with Crippen LogP contribution in [0, 0.1) is 0 Å². The largest absolute Gasteiger partial charge is 0.377 e. The minimum Gasteiger partial charge on any atom is -0.377 e. The van der Waals surface area contributed by atoms with Crippen LogP contribution >= 0.6 is 0 Å². The second-order valence-electron chi connectivity index (χ2n) is 3.46. The van der Waals surface area contributed by atoms with Crippen LogP contribution in [0.4, 0.5) is 0 Å². The van der Waals surface area contributed by atoms with Gasteiger partial charge in [-0.2, -0.15) is 0 Å². The average Bonchev–Trinajstić information content (AvgIpc) is 2.38. The Hall–Kier alpha value is -0.0800. The van der Waals surface area contributed by atoms with Crippen molar-refractivity contribution >= 4 is 0 Å². The fraction of sp³-hybridized carbons (Fsp3) is 1.00. The lowest BCUT2D eigenvalue weighted by molar-refractivity contribution is -0.00478. The van der Waals surface area contributed by atoms with Crippen molar-refractivity contribution in [3.05, 3.63) is 0 Å². The molecule has 0 aliphatic carbocycles. The minimum atomic E-state index is 0.0104. The minimum absolute atomic E-state index is 0.0104. The fourth-order valence-corrected chi connectivity index (χ4v) is 1.42. The number of hydrogen-bond donors (Lipinski definition) is 1. The van der Waals surface area contributed by atoms with Gasteiger partial charge in [0.15, 0.2) is 0 Å². The molecule has 1 heterocycles. The predicted octanol–water partition coefficient (Wildman–Crippen LogP) is 1.16. The molecule has 1 aliphatic heterocycles. The van der Waals surface area contributed by atoms with E-state index in [1.54, 1.807) is 7.11 Å². The summed E-state index contributed by atoms with van der Waals surface area (Å²) in [5.41, 5.74) is 0.0104. The monoisotopic (exact) mass is 143 g/mol. The molecule has 0 bridgehead atoms. The smallest absolute Gasteiger partial charge is 0.0775 e. The molecule has 1 atom stereocenters. The van der Waals surface area contributed by atoms with Gasteiger partial charge in [-0.1, -0.05) is 0 Å². The molecule has 0 radical (unpaired) electrons. The third-order valence-electron chi connectivity index (χ3n) is 2.43. The highest BCUT2D eigenvalue weighted by molar-refractivity contribution is 4.88. The Bertz CT molecular complexity index is 106. The summed E-state index contributed by atoms with van der Waals surface area (Å²) in [4.78, 5) is 0. The molecule has 1 fully saturated rings. The molecule has 10 heavy (non-hydrogen) atoms. The van der Waals surface area contributed by atoms with Crippen LogP contribution in [0.3, 0.4) is 0 Å². The third-order valence-corrected chi connectivity index (χ3v) is 2.43. The van der Waals surface area contributed by atoms with Crippen molar-refractivity contribution in [2.24, 2.45) is 0 Å². The van der Waals surface area contributed by atoms with E-state index >= 15 is 0 Å². The Morgan fingerprint density at radius 2 is 2.20 bits per heavy atom. The standard InChI is InChI=1S/C8H17NO/c1-8(2,10-3)7-5-4-6-9-7/h7,9H,4-6H2,1-3H3/t7-/m0/s1. The third kappa shape index (κ3) is 1.50. The van der Waals surface area contributed by atoms with Gasteiger partial charge in [-0.15, -0.1) is 0 Å².